The fourth-order valence-electron chi connectivity index (χ4n) is 1.93. The van der Waals surface area contributed by atoms with Crippen molar-refractivity contribution in [3.05, 3.63) is 58.6 Å². The predicted molar refractivity (Wildman–Crippen MR) is 94.5 cm³/mol. The maximum Gasteiger partial charge on any atom is 0.238 e. The lowest BCUT2D eigenvalue weighted by Crippen LogP contribution is -2.33. The summed E-state index contributed by atoms with van der Waals surface area (Å²) in [6, 6.07) is 14.3. The maximum atomic E-state index is 11.9. The van der Waals surface area contributed by atoms with Gasteiger partial charge in [0.2, 0.25) is 5.91 Å². The Hall–Kier alpha value is -1.75. The summed E-state index contributed by atoms with van der Waals surface area (Å²) in [5.41, 5.74) is 0.722. The van der Waals surface area contributed by atoms with Crippen LogP contribution in [0.4, 0.5) is 5.69 Å². The number of likely N-dealkylation sites (N-methyl/N-ethyl adjacent to an activating group) is 1. The number of hydrogen-bond donors (Lipinski definition) is 1. The number of rotatable bonds is 7. The minimum atomic E-state index is -0.0902. The highest BCUT2D eigenvalue weighted by atomic mass is 35.5. The van der Waals surface area contributed by atoms with Crippen molar-refractivity contribution >= 4 is 34.8 Å². The average Bonchev–Trinajstić information content (AvgIpc) is 2.51. The van der Waals surface area contributed by atoms with E-state index in [1.54, 1.807) is 30.3 Å². The number of carbonyl (C=O) groups is 1. The van der Waals surface area contributed by atoms with E-state index in [0.29, 0.717) is 28.9 Å². The highest BCUT2D eigenvalue weighted by Crippen LogP contribution is 2.22. The average molecular weight is 353 g/mol. The Labute approximate surface area is 146 Å². The van der Waals surface area contributed by atoms with Gasteiger partial charge >= 0.3 is 0 Å². The molecule has 0 fully saturated rings. The molecule has 1 N–H and O–H groups in total. The highest BCUT2D eigenvalue weighted by molar-refractivity contribution is 6.32. The number of nitrogens with zero attached hydrogens (tertiary/aromatic N) is 1. The summed E-state index contributed by atoms with van der Waals surface area (Å²) in [6.45, 7) is 1.34. The molecule has 0 aromatic heterocycles. The zero-order valence-corrected chi connectivity index (χ0v) is 14.3. The molecule has 0 aliphatic carbocycles. The van der Waals surface area contributed by atoms with E-state index in [0.717, 1.165) is 5.69 Å². The van der Waals surface area contributed by atoms with Crippen LogP contribution in [-0.2, 0) is 4.79 Å². The zero-order chi connectivity index (χ0) is 16.7. The minimum Gasteiger partial charge on any atom is -0.491 e. The fraction of sp³-hybridized carbons (Fsp3) is 0.235. The summed E-state index contributed by atoms with van der Waals surface area (Å²) < 4.78 is 5.60. The van der Waals surface area contributed by atoms with Gasteiger partial charge in [-0.15, -0.1) is 0 Å². The van der Waals surface area contributed by atoms with Crippen molar-refractivity contribution in [2.45, 2.75) is 0 Å². The smallest absolute Gasteiger partial charge is 0.238 e. The number of carbonyl (C=O) groups excluding carboxylic acids is 1. The van der Waals surface area contributed by atoms with Gasteiger partial charge in [-0.1, -0.05) is 35.3 Å². The SMILES string of the molecule is CN(CCOc1ccccc1Cl)CC(=O)Nc1ccc(Cl)cc1. The minimum absolute atomic E-state index is 0.0902. The number of benzene rings is 2. The summed E-state index contributed by atoms with van der Waals surface area (Å²) in [5, 5.41) is 4.03. The van der Waals surface area contributed by atoms with Crippen LogP contribution in [0.15, 0.2) is 48.5 Å². The summed E-state index contributed by atoms with van der Waals surface area (Å²) in [4.78, 5) is 13.8. The van der Waals surface area contributed by atoms with Crippen LogP contribution < -0.4 is 10.1 Å². The van der Waals surface area contributed by atoms with Crippen molar-refractivity contribution in [2.75, 3.05) is 32.1 Å². The normalized spacial score (nSPS) is 10.6. The molecule has 0 heterocycles. The Morgan fingerprint density at radius 1 is 1.13 bits per heavy atom. The number of para-hydroxylation sites is 1. The zero-order valence-electron chi connectivity index (χ0n) is 12.8. The van der Waals surface area contributed by atoms with Crippen LogP contribution >= 0.6 is 23.2 Å². The van der Waals surface area contributed by atoms with E-state index in [1.807, 2.05) is 30.1 Å². The number of halogens is 2. The lowest BCUT2D eigenvalue weighted by Gasteiger charge is -2.17. The van der Waals surface area contributed by atoms with Crippen LogP contribution in [0.25, 0.3) is 0 Å². The Kier molecular flexibility index (Phi) is 6.71. The fourth-order valence-corrected chi connectivity index (χ4v) is 2.25. The molecule has 0 atom stereocenters. The first-order valence-electron chi connectivity index (χ1n) is 7.16. The number of hydrogen-bond acceptors (Lipinski definition) is 3. The number of anilines is 1. The van der Waals surface area contributed by atoms with Gasteiger partial charge in [-0.05, 0) is 43.4 Å². The van der Waals surface area contributed by atoms with Crippen LogP contribution in [0.5, 0.6) is 5.75 Å². The van der Waals surface area contributed by atoms with Gasteiger partial charge in [-0.2, -0.15) is 0 Å². The molecular weight excluding hydrogens is 335 g/mol. The molecule has 6 heteroatoms. The molecule has 0 aliphatic heterocycles. The first kappa shape index (κ1) is 17.6. The molecule has 0 spiro atoms. The monoisotopic (exact) mass is 352 g/mol. The molecule has 2 aromatic rings. The van der Waals surface area contributed by atoms with Gasteiger partial charge in [0.05, 0.1) is 11.6 Å². The maximum absolute atomic E-state index is 11.9. The van der Waals surface area contributed by atoms with Gasteiger partial charge < -0.3 is 10.1 Å². The molecule has 0 unspecified atom stereocenters. The van der Waals surface area contributed by atoms with Gasteiger partial charge in [0.1, 0.15) is 12.4 Å². The highest BCUT2D eigenvalue weighted by Gasteiger charge is 2.08. The Balaban J connectivity index is 1.71. The number of amides is 1. The number of ether oxygens (including phenoxy) is 1. The third kappa shape index (κ3) is 6.10. The van der Waals surface area contributed by atoms with Crippen LogP contribution in [0.1, 0.15) is 0 Å². The molecule has 2 rings (SSSR count). The summed E-state index contributed by atoms with van der Waals surface area (Å²) >= 11 is 11.8. The Morgan fingerprint density at radius 3 is 2.52 bits per heavy atom. The molecule has 0 saturated carbocycles. The van der Waals surface area contributed by atoms with E-state index in [-0.39, 0.29) is 12.5 Å². The van der Waals surface area contributed by atoms with Crippen LogP contribution in [-0.4, -0.2) is 37.6 Å². The largest absolute Gasteiger partial charge is 0.491 e. The second-order valence-corrected chi connectivity index (χ2v) is 5.92. The van der Waals surface area contributed by atoms with E-state index >= 15 is 0 Å². The standard InChI is InChI=1S/C17H18Cl2N2O2/c1-21(10-11-23-16-5-3-2-4-15(16)19)12-17(22)20-14-8-6-13(18)7-9-14/h2-9H,10-12H2,1H3,(H,20,22). The van der Waals surface area contributed by atoms with E-state index in [2.05, 4.69) is 5.32 Å². The summed E-state index contributed by atoms with van der Waals surface area (Å²) in [5.74, 6) is 0.556. The van der Waals surface area contributed by atoms with Crippen molar-refractivity contribution in [2.24, 2.45) is 0 Å². The molecule has 0 aliphatic rings. The van der Waals surface area contributed by atoms with Crippen molar-refractivity contribution in [1.82, 2.24) is 4.90 Å². The lowest BCUT2D eigenvalue weighted by atomic mass is 10.3. The quantitative estimate of drug-likeness (QED) is 0.820. The molecule has 1 amide bonds. The molecule has 4 nitrogen and oxygen atoms in total. The van der Waals surface area contributed by atoms with Gasteiger partial charge in [-0.3, -0.25) is 9.69 Å². The molecule has 23 heavy (non-hydrogen) atoms. The third-order valence-electron chi connectivity index (χ3n) is 3.11. The first-order chi connectivity index (χ1) is 11.0. The van der Waals surface area contributed by atoms with Crippen molar-refractivity contribution in [3.63, 3.8) is 0 Å². The van der Waals surface area contributed by atoms with E-state index in [1.165, 1.54) is 0 Å². The van der Waals surface area contributed by atoms with E-state index in [4.69, 9.17) is 27.9 Å². The molecule has 0 bridgehead atoms. The molecule has 2 aromatic carbocycles. The topological polar surface area (TPSA) is 41.6 Å². The van der Waals surface area contributed by atoms with Gasteiger partial charge in [-0.25, -0.2) is 0 Å². The predicted octanol–water partition coefficient (Wildman–Crippen LogP) is 3.94. The van der Waals surface area contributed by atoms with Crippen LogP contribution in [0.3, 0.4) is 0 Å². The summed E-state index contributed by atoms with van der Waals surface area (Å²) in [6.07, 6.45) is 0. The van der Waals surface area contributed by atoms with E-state index in [9.17, 15) is 4.79 Å². The summed E-state index contributed by atoms with van der Waals surface area (Å²) in [7, 11) is 1.86. The van der Waals surface area contributed by atoms with Crippen molar-refractivity contribution in [3.8, 4) is 5.75 Å². The number of nitrogens with one attached hydrogen (secondary N) is 1. The van der Waals surface area contributed by atoms with Gasteiger partial charge in [0.15, 0.2) is 0 Å². The van der Waals surface area contributed by atoms with Crippen molar-refractivity contribution in [1.29, 1.82) is 0 Å². The van der Waals surface area contributed by atoms with Crippen LogP contribution in [0.2, 0.25) is 10.0 Å². The molecule has 0 saturated heterocycles. The lowest BCUT2D eigenvalue weighted by molar-refractivity contribution is -0.117. The molecule has 0 radical (unpaired) electrons. The Morgan fingerprint density at radius 2 is 1.83 bits per heavy atom. The Bertz CT molecular complexity index is 647. The molecule has 122 valence electrons. The van der Waals surface area contributed by atoms with Crippen molar-refractivity contribution < 1.29 is 9.53 Å². The van der Waals surface area contributed by atoms with Crippen LogP contribution in [0, 0.1) is 0 Å². The second-order valence-electron chi connectivity index (χ2n) is 5.07. The second kappa shape index (κ2) is 8.77. The third-order valence-corrected chi connectivity index (χ3v) is 3.67. The first-order valence-corrected chi connectivity index (χ1v) is 7.91. The van der Waals surface area contributed by atoms with Gasteiger partial charge in [0.25, 0.3) is 0 Å². The molecular formula is C17H18Cl2N2O2. The van der Waals surface area contributed by atoms with Gasteiger partial charge in [0, 0.05) is 17.3 Å². The van der Waals surface area contributed by atoms with E-state index < -0.39 is 0 Å².